The molecule has 468 valence electrons. The van der Waals surface area contributed by atoms with E-state index in [9.17, 15) is 72.7 Å². The molecule has 9 rings (SSSR count). The molecule has 21 nitrogen and oxygen atoms in total. The Balaban J connectivity index is 0.000000185. The molecule has 1 unspecified atom stereocenters. The fraction of sp³-hybridized carbons (Fsp3) is 0.538. The van der Waals surface area contributed by atoms with Gasteiger partial charge in [0.2, 0.25) is 17.7 Å². The van der Waals surface area contributed by atoms with Gasteiger partial charge in [-0.05, 0) is 77.5 Å². The summed E-state index contributed by atoms with van der Waals surface area (Å²) in [6, 6.07) is 2.32. The number of nitrogens with zero attached hydrogens (tertiary/aromatic N) is 12. The Morgan fingerprint density at radius 3 is 1.30 bits per heavy atom. The van der Waals surface area contributed by atoms with Crippen LogP contribution in [0.3, 0.4) is 0 Å². The fourth-order valence-electron chi connectivity index (χ4n) is 9.25. The van der Waals surface area contributed by atoms with Crippen molar-refractivity contribution in [1.82, 2.24) is 59.0 Å². The van der Waals surface area contributed by atoms with Crippen molar-refractivity contribution < 1.29 is 86.9 Å². The monoisotopic (exact) mass is 1280 g/mol. The van der Waals surface area contributed by atoms with Crippen LogP contribution in [0.15, 0.2) is 46.7 Å². The Morgan fingerprint density at radius 1 is 0.535 bits per heavy atom. The third-order valence-corrected chi connectivity index (χ3v) is 16.6. The van der Waals surface area contributed by atoms with Gasteiger partial charge in [0, 0.05) is 85.6 Å². The molecule has 86 heavy (non-hydrogen) atoms. The minimum atomic E-state index is -4.54. The molecule has 6 aromatic heterocycles. The molecule has 0 N–H and O–H groups in total. The third kappa shape index (κ3) is 17.9. The summed E-state index contributed by atoms with van der Waals surface area (Å²) in [6.07, 6.45) is -8.67. The van der Waals surface area contributed by atoms with Gasteiger partial charge >= 0.3 is 30.3 Å². The second-order valence-electron chi connectivity index (χ2n) is 19.4. The van der Waals surface area contributed by atoms with Gasteiger partial charge in [0.15, 0.2) is 28.5 Å². The molecule has 0 saturated carbocycles. The van der Waals surface area contributed by atoms with Crippen molar-refractivity contribution in [3.05, 3.63) is 102 Å². The Hall–Kier alpha value is -7.36. The first kappa shape index (κ1) is 66.2. The number of amides is 3. The quantitative estimate of drug-likeness (QED) is 0.0470. The molecule has 0 radical (unpaired) electrons. The highest BCUT2D eigenvalue weighted by molar-refractivity contribution is 7.10. The topological polar surface area (TPSA) is 232 Å². The van der Waals surface area contributed by atoms with Gasteiger partial charge < -0.3 is 28.9 Å². The van der Waals surface area contributed by atoms with Crippen LogP contribution in [0.25, 0.3) is 0 Å². The van der Waals surface area contributed by atoms with E-state index >= 15 is 0 Å². The standard InChI is InChI=1S/C18H20F4N4O3S.2C17H19F3N4O3S/c1-2-29-18(28)12-9-30-17(23-12)10-3-5-25(6-4-10)14(27)8-26-13(16(21)22)7-11(24-26)15(19)20;1-2-27-16(26)12-10-28-15(21-12)11-3-6-23(7-4-11)14(25)9-24-8-5-13(22-24)17(18,19)20;1-2-27-16(26)12-10-28-15(21-12)11-4-3-6-23(8-11)14(25)9-24-7-5-13(22-24)17(18,19)20/h7,9-10,15-16H,2-6,8H2,1H3;5,8,10-11H,2-4,6-7,9H2,1H3;5,7,10-11H,2-4,6,8-9H2,1H3. The second kappa shape index (κ2) is 29.8. The molecular formula is C52H58F10N12O9S3. The zero-order valence-corrected chi connectivity index (χ0v) is 48.7. The van der Waals surface area contributed by atoms with Crippen LogP contribution in [0.2, 0.25) is 0 Å². The lowest BCUT2D eigenvalue weighted by molar-refractivity contribution is -0.142. The third-order valence-electron chi connectivity index (χ3n) is 13.6. The second-order valence-corrected chi connectivity index (χ2v) is 22.1. The van der Waals surface area contributed by atoms with Gasteiger partial charge in [0.1, 0.15) is 31.0 Å². The Labute approximate surface area is 496 Å². The van der Waals surface area contributed by atoms with E-state index in [1.807, 2.05) is 0 Å². The molecule has 9 heterocycles. The molecule has 0 aliphatic carbocycles. The summed E-state index contributed by atoms with van der Waals surface area (Å²) in [7, 11) is 0. The highest BCUT2D eigenvalue weighted by Crippen LogP contribution is 2.35. The number of thiazole rings is 3. The molecule has 34 heteroatoms. The van der Waals surface area contributed by atoms with Crippen molar-refractivity contribution in [2.75, 3.05) is 59.1 Å². The van der Waals surface area contributed by atoms with E-state index in [1.54, 1.807) is 46.7 Å². The maximum absolute atomic E-state index is 13.1. The average Bonchev–Trinajstić information content (AvgIpc) is 3.54. The highest BCUT2D eigenvalue weighted by atomic mass is 32.1. The number of likely N-dealkylation sites (tertiary alicyclic amines) is 3. The van der Waals surface area contributed by atoms with E-state index in [2.05, 4.69) is 30.2 Å². The van der Waals surface area contributed by atoms with Crippen molar-refractivity contribution in [3.8, 4) is 0 Å². The smallest absolute Gasteiger partial charge is 0.435 e. The number of alkyl halides is 10. The number of carbonyl (C=O) groups is 6. The van der Waals surface area contributed by atoms with Crippen molar-refractivity contribution in [3.63, 3.8) is 0 Å². The van der Waals surface area contributed by atoms with E-state index in [-0.39, 0.29) is 73.9 Å². The number of hydrogen-bond donors (Lipinski definition) is 0. The first-order valence-corrected chi connectivity index (χ1v) is 29.5. The first-order chi connectivity index (χ1) is 40.8. The Morgan fingerprint density at radius 2 is 0.930 bits per heavy atom. The summed E-state index contributed by atoms with van der Waals surface area (Å²) in [5.74, 6) is -2.27. The summed E-state index contributed by atoms with van der Waals surface area (Å²) in [4.78, 5) is 90.2. The fourth-order valence-corrected chi connectivity index (χ4v) is 12.1. The number of aromatic nitrogens is 9. The number of esters is 3. The predicted molar refractivity (Wildman–Crippen MR) is 286 cm³/mol. The zero-order chi connectivity index (χ0) is 62.5. The summed E-state index contributed by atoms with van der Waals surface area (Å²) in [5, 5.41) is 17.6. The molecule has 0 aromatic carbocycles. The van der Waals surface area contributed by atoms with Gasteiger partial charge in [-0.1, -0.05) is 0 Å². The van der Waals surface area contributed by atoms with E-state index < -0.39 is 78.3 Å². The van der Waals surface area contributed by atoms with Crippen LogP contribution in [0.5, 0.6) is 0 Å². The summed E-state index contributed by atoms with van der Waals surface area (Å²) < 4.78 is 145. The molecule has 0 bridgehead atoms. The molecule has 0 spiro atoms. The molecule has 3 aliphatic rings. The summed E-state index contributed by atoms with van der Waals surface area (Å²) in [5.41, 5.74) is -2.73. The van der Waals surface area contributed by atoms with Crippen LogP contribution in [0.4, 0.5) is 43.9 Å². The number of piperidine rings is 3. The molecule has 6 aromatic rings. The number of ether oxygens (including phenoxy) is 3. The molecule has 3 aliphatic heterocycles. The molecule has 3 fully saturated rings. The predicted octanol–water partition coefficient (Wildman–Crippen LogP) is 9.68. The van der Waals surface area contributed by atoms with E-state index in [0.29, 0.717) is 81.4 Å². The van der Waals surface area contributed by atoms with Gasteiger partial charge in [-0.3, -0.25) is 28.4 Å². The largest absolute Gasteiger partial charge is 0.461 e. The van der Waals surface area contributed by atoms with E-state index in [1.165, 1.54) is 38.9 Å². The summed E-state index contributed by atoms with van der Waals surface area (Å²) in [6.45, 7) is 7.56. The Bertz CT molecular complexity index is 3250. The zero-order valence-electron chi connectivity index (χ0n) is 46.3. The lowest BCUT2D eigenvalue weighted by Gasteiger charge is -2.31. The lowest BCUT2D eigenvalue weighted by atomic mass is 9.97. The summed E-state index contributed by atoms with van der Waals surface area (Å²) >= 11 is 4.08. The van der Waals surface area contributed by atoms with Crippen LogP contribution >= 0.6 is 34.0 Å². The van der Waals surface area contributed by atoms with Crippen LogP contribution in [-0.2, 0) is 60.6 Å². The molecule has 3 amide bonds. The van der Waals surface area contributed by atoms with Crippen molar-refractivity contribution in [1.29, 1.82) is 0 Å². The Kier molecular flexibility index (Phi) is 23.0. The van der Waals surface area contributed by atoms with Crippen LogP contribution in [0, 0.1) is 0 Å². The van der Waals surface area contributed by atoms with E-state index in [4.69, 9.17) is 14.2 Å². The van der Waals surface area contributed by atoms with Crippen molar-refractivity contribution >= 4 is 69.6 Å². The maximum atomic E-state index is 13.1. The highest BCUT2D eigenvalue weighted by Gasteiger charge is 2.36. The first-order valence-electron chi connectivity index (χ1n) is 26.9. The van der Waals surface area contributed by atoms with Gasteiger partial charge in [-0.2, -0.15) is 41.6 Å². The average molecular weight is 1280 g/mol. The lowest BCUT2D eigenvalue weighted by Crippen LogP contribution is -2.41. The van der Waals surface area contributed by atoms with Crippen LogP contribution in [-0.4, -0.2) is 154 Å². The van der Waals surface area contributed by atoms with Crippen molar-refractivity contribution in [2.45, 2.75) is 122 Å². The van der Waals surface area contributed by atoms with E-state index in [0.717, 1.165) is 61.8 Å². The molecular weight excluding hydrogens is 1220 g/mol. The minimum absolute atomic E-state index is 0.0192. The number of rotatable bonds is 17. The minimum Gasteiger partial charge on any atom is -0.461 e. The normalized spacial score (nSPS) is 16.1. The number of hydrogen-bond acceptors (Lipinski definition) is 18. The maximum Gasteiger partial charge on any atom is 0.435 e. The van der Waals surface area contributed by atoms with Gasteiger partial charge in [-0.25, -0.2) is 46.9 Å². The van der Waals surface area contributed by atoms with Crippen molar-refractivity contribution in [2.24, 2.45) is 0 Å². The molecule has 3 saturated heterocycles. The van der Waals surface area contributed by atoms with Gasteiger partial charge in [0.05, 0.1) is 34.8 Å². The number of carbonyl (C=O) groups excluding carboxylic acids is 6. The number of halogens is 10. The molecule has 1 atom stereocenters. The van der Waals surface area contributed by atoms with Gasteiger partial charge in [-0.15, -0.1) is 34.0 Å². The van der Waals surface area contributed by atoms with Crippen LogP contribution in [0.1, 0.15) is 159 Å². The van der Waals surface area contributed by atoms with Gasteiger partial charge in [0.25, 0.3) is 12.9 Å². The SMILES string of the molecule is CCOC(=O)c1csc(C2CCCN(C(=O)Cn3ccc(C(F)(F)F)n3)C2)n1.CCOC(=O)c1csc(C2CCN(C(=O)Cn3ccc(C(F)(F)F)n3)CC2)n1.CCOC(=O)c1csc(C2CCN(C(=O)Cn3nc(C(F)F)cc3C(F)F)CC2)n1. The van der Waals surface area contributed by atoms with Crippen LogP contribution < -0.4 is 0 Å².